The van der Waals surface area contributed by atoms with Gasteiger partial charge in [0.05, 0.1) is 18.5 Å². The molecule has 1 atom stereocenters. The van der Waals surface area contributed by atoms with Gasteiger partial charge in [-0.3, -0.25) is 0 Å². The maximum atomic E-state index is 11.8. The third-order valence-corrected chi connectivity index (χ3v) is 4.48. The fourth-order valence-electron chi connectivity index (χ4n) is 1.59. The predicted molar refractivity (Wildman–Crippen MR) is 59.1 cm³/mol. The molecular weight excluding hydrogens is 216 g/mol. The van der Waals surface area contributed by atoms with Crippen LogP contribution in [0.15, 0.2) is 0 Å². The van der Waals surface area contributed by atoms with E-state index in [1.165, 1.54) is 4.31 Å². The summed E-state index contributed by atoms with van der Waals surface area (Å²) in [4.78, 5) is 0. The molecule has 1 unspecified atom stereocenters. The fraction of sp³-hybridized carbons (Fsp3) is 1.00. The van der Waals surface area contributed by atoms with Crippen LogP contribution in [0.2, 0.25) is 0 Å². The van der Waals surface area contributed by atoms with Crippen LogP contribution in [0.4, 0.5) is 0 Å². The Morgan fingerprint density at radius 1 is 1.53 bits per heavy atom. The first-order valence-electron chi connectivity index (χ1n) is 5.39. The number of hydrogen-bond donors (Lipinski definition) is 1. The Hall–Kier alpha value is -0.170. The van der Waals surface area contributed by atoms with E-state index in [0.717, 1.165) is 6.42 Å². The van der Waals surface area contributed by atoms with E-state index in [4.69, 9.17) is 10.5 Å². The van der Waals surface area contributed by atoms with Crippen molar-refractivity contribution < 1.29 is 13.2 Å². The molecule has 2 N–H and O–H groups in total. The second kappa shape index (κ2) is 5.79. The summed E-state index contributed by atoms with van der Waals surface area (Å²) in [6, 6.07) is 0. The van der Waals surface area contributed by atoms with E-state index >= 15 is 0 Å². The molecule has 0 aromatic heterocycles. The van der Waals surface area contributed by atoms with E-state index in [2.05, 4.69) is 0 Å². The van der Waals surface area contributed by atoms with E-state index in [-0.39, 0.29) is 11.9 Å². The van der Waals surface area contributed by atoms with Gasteiger partial charge in [-0.1, -0.05) is 6.92 Å². The van der Waals surface area contributed by atoms with Crippen molar-refractivity contribution in [3.8, 4) is 0 Å². The van der Waals surface area contributed by atoms with Gasteiger partial charge in [-0.2, -0.15) is 4.31 Å². The van der Waals surface area contributed by atoms with E-state index in [1.54, 1.807) is 0 Å². The second-order valence-corrected chi connectivity index (χ2v) is 5.81. The summed E-state index contributed by atoms with van der Waals surface area (Å²) in [6.45, 7) is 3.88. The first kappa shape index (κ1) is 12.9. The van der Waals surface area contributed by atoms with Crippen molar-refractivity contribution in [1.82, 2.24) is 4.31 Å². The highest BCUT2D eigenvalue weighted by molar-refractivity contribution is 7.89. The zero-order chi connectivity index (χ0) is 11.3. The average molecular weight is 236 g/mol. The molecule has 90 valence electrons. The van der Waals surface area contributed by atoms with Crippen molar-refractivity contribution >= 4 is 10.0 Å². The molecule has 1 fully saturated rings. The number of nitrogens with two attached hydrogens (primary N) is 1. The molecule has 0 aliphatic carbocycles. The first-order chi connectivity index (χ1) is 7.10. The van der Waals surface area contributed by atoms with Crippen LogP contribution in [-0.4, -0.2) is 50.8 Å². The zero-order valence-corrected chi connectivity index (χ0v) is 10.0. The lowest BCUT2D eigenvalue weighted by Crippen LogP contribution is -2.46. The van der Waals surface area contributed by atoms with Gasteiger partial charge in [0.25, 0.3) is 0 Å². The van der Waals surface area contributed by atoms with Crippen molar-refractivity contribution in [1.29, 1.82) is 0 Å². The Bertz CT molecular complexity index is 279. The van der Waals surface area contributed by atoms with Gasteiger partial charge in [0, 0.05) is 13.1 Å². The smallest absolute Gasteiger partial charge is 0.214 e. The van der Waals surface area contributed by atoms with E-state index in [9.17, 15) is 8.42 Å². The minimum absolute atomic E-state index is 0.0476. The molecule has 6 heteroatoms. The molecule has 1 heterocycles. The number of sulfonamides is 1. The summed E-state index contributed by atoms with van der Waals surface area (Å²) in [6.07, 6.45) is 1.42. The maximum absolute atomic E-state index is 11.8. The van der Waals surface area contributed by atoms with Gasteiger partial charge in [-0.15, -0.1) is 0 Å². The summed E-state index contributed by atoms with van der Waals surface area (Å²) in [7, 11) is -3.12. The van der Waals surface area contributed by atoms with Crippen molar-refractivity contribution in [2.45, 2.75) is 25.9 Å². The molecule has 0 aromatic carbocycles. The van der Waals surface area contributed by atoms with Gasteiger partial charge in [-0.05, 0) is 19.4 Å². The monoisotopic (exact) mass is 236 g/mol. The lowest BCUT2D eigenvalue weighted by atomic mass is 10.2. The molecule has 1 saturated heterocycles. The van der Waals surface area contributed by atoms with E-state index < -0.39 is 10.0 Å². The van der Waals surface area contributed by atoms with Crippen molar-refractivity contribution in [2.24, 2.45) is 5.73 Å². The SMILES string of the molecule is CCC1CN(S(=O)(=O)CCCN)CCO1. The zero-order valence-electron chi connectivity index (χ0n) is 9.18. The maximum Gasteiger partial charge on any atom is 0.214 e. The Balaban J connectivity index is 2.54. The van der Waals surface area contributed by atoms with Crippen LogP contribution in [0.5, 0.6) is 0 Å². The highest BCUT2D eigenvalue weighted by Gasteiger charge is 2.27. The normalized spacial score (nSPS) is 24.3. The minimum atomic E-state index is -3.12. The van der Waals surface area contributed by atoms with Crippen LogP contribution >= 0.6 is 0 Å². The quantitative estimate of drug-likeness (QED) is 0.716. The second-order valence-electron chi connectivity index (χ2n) is 3.72. The highest BCUT2D eigenvalue weighted by atomic mass is 32.2. The van der Waals surface area contributed by atoms with E-state index in [1.807, 2.05) is 6.92 Å². The summed E-state index contributed by atoms with van der Waals surface area (Å²) < 4.78 is 30.6. The molecule has 0 spiro atoms. The Morgan fingerprint density at radius 2 is 2.27 bits per heavy atom. The van der Waals surface area contributed by atoms with Gasteiger partial charge in [0.15, 0.2) is 0 Å². The molecule has 0 radical (unpaired) electrons. The predicted octanol–water partition coefficient (Wildman–Crippen LogP) is -0.224. The van der Waals surface area contributed by atoms with Crippen molar-refractivity contribution in [3.63, 3.8) is 0 Å². The lowest BCUT2D eigenvalue weighted by Gasteiger charge is -2.31. The molecule has 0 aromatic rings. The highest BCUT2D eigenvalue weighted by Crippen LogP contribution is 2.13. The Kier molecular flexibility index (Phi) is 4.98. The molecule has 0 bridgehead atoms. The summed E-state index contributed by atoms with van der Waals surface area (Å²) >= 11 is 0. The van der Waals surface area contributed by atoms with Crippen LogP contribution in [0.3, 0.4) is 0 Å². The van der Waals surface area contributed by atoms with Crippen LogP contribution in [0.1, 0.15) is 19.8 Å². The summed E-state index contributed by atoms with van der Waals surface area (Å²) in [5.41, 5.74) is 5.31. The van der Waals surface area contributed by atoms with Crippen LogP contribution in [0, 0.1) is 0 Å². The number of rotatable bonds is 5. The topological polar surface area (TPSA) is 72.6 Å². The Morgan fingerprint density at radius 3 is 2.87 bits per heavy atom. The molecule has 1 rings (SSSR count). The molecule has 15 heavy (non-hydrogen) atoms. The molecule has 0 saturated carbocycles. The number of morpholine rings is 1. The standard InChI is InChI=1S/C9H20N2O3S/c1-2-9-8-11(5-6-14-9)15(12,13)7-3-4-10/h9H,2-8,10H2,1H3. The van der Waals surface area contributed by atoms with Crippen molar-refractivity contribution in [2.75, 3.05) is 32.0 Å². The van der Waals surface area contributed by atoms with Gasteiger partial charge >= 0.3 is 0 Å². The molecule has 0 amide bonds. The van der Waals surface area contributed by atoms with Crippen molar-refractivity contribution in [3.05, 3.63) is 0 Å². The van der Waals surface area contributed by atoms with Crippen LogP contribution < -0.4 is 5.73 Å². The number of ether oxygens (including phenoxy) is 1. The van der Waals surface area contributed by atoms with Gasteiger partial charge in [0.1, 0.15) is 0 Å². The summed E-state index contributed by atoms with van der Waals surface area (Å²) in [5, 5.41) is 0. The third-order valence-electron chi connectivity index (χ3n) is 2.56. The number of hydrogen-bond acceptors (Lipinski definition) is 4. The van der Waals surface area contributed by atoms with Crippen LogP contribution in [0.25, 0.3) is 0 Å². The largest absolute Gasteiger partial charge is 0.375 e. The average Bonchev–Trinajstić information content (AvgIpc) is 2.26. The molecular formula is C9H20N2O3S. The van der Waals surface area contributed by atoms with E-state index in [0.29, 0.717) is 32.7 Å². The van der Waals surface area contributed by atoms with Gasteiger partial charge in [-0.25, -0.2) is 8.42 Å². The minimum Gasteiger partial charge on any atom is -0.375 e. The van der Waals surface area contributed by atoms with Crippen LogP contribution in [-0.2, 0) is 14.8 Å². The van der Waals surface area contributed by atoms with Gasteiger partial charge < -0.3 is 10.5 Å². The van der Waals surface area contributed by atoms with Gasteiger partial charge in [0.2, 0.25) is 10.0 Å². The lowest BCUT2D eigenvalue weighted by molar-refractivity contribution is -0.00276. The molecule has 5 nitrogen and oxygen atoms in total. The summed E-state index contributed by atoms with van der Waals surface area (Å²) in [5.74, 6) is 0.153. The molecule has 1 aliphatic heterocycles. The Labute approximate surface area is 91.6 Å². The first-order valence-corrected chi connectivity index (χ1v) is 7.00. The number of nitrogens with zero attached hydrogens (tertiary/aromatic N) is 1. The molecule has 1 aliphatic rings. The third kappa shape index (κ3) is 3.71. The fourth-order valence-corrected chi connectivity index (χ4v) is 3.12.